The second kappa shape index (κ2) is 5.16. The third-order valence-electron chi connectivity index (χ3n) is 2.94. The Balaban J connectivity index is 2.10. The Morgan fingerprint density at radius 3 is 2.72 bits per heavy atom. The maximum absolute atomic E-state index is 11.7. The highest BCUT2D eigenvalue weighted by Gasteiger charge is 2.34. The number of rotatable bonds is 3. The van der Waals surface area contributed by atoms with Crippen LogP contribution in [0.3, 0.4) is 0 Å². The molecule has 18 heavy (non-hydrogen) atoms. The van der Waals surface area contributed by atoms with Crippen LogP contribution in [-0.2, 0) is 16.1 Å². The van der Waals surface area contributed by atoms with Gasteiger partial charge in [-0.2, -0.15) is 0 Å². The van der Waals surface area contributed by atoms with Crippen LogP contribution in [0.25, 0.3) is 0 Å². The standard InChI is InChI=1S/C12H11Cl2NO3/c13-9-2-1-7(10(14)4-9)5-15-6-8(12(17)18)3-11(15)16/h1-2,4,8H,3,5-6H2,(H,17,18)/t8-/m0/s1. The van der Waals surface area contributed by atoms with Crippen LogP contribution in [0.15, 0.2) is 18.2 Å². The number of nitrogens with zero attached hydrogens (tertiary/aromatic N) is 1. The molecule has 1 fully saturated rings. The average Bonchev–Trinajstić information content (AvgIpc) is 2.64. The van der Waals surface area contributed by atoms with Gasteiger partial charge in [-0.05, 0) is 17.7 Å². The van der Waals surface area contributed by atoms with Crippen molar-refractivity contribution in [1.82, 2.24) is 4.90 Å². The third kappa shape index (κ3) is 2.76. The Morgan fingerprint density at radius 2 is 2.17 bits per heavy atom. The summed E-state index contributed by atoms with van der Waals surface area (Å²) < 4.78 is 0. The molecule has 0 saturated carbocycles. The van der Waals surface area contributed by atoms with Crippen LogP contribution >= 0.6 is 23.2 Å². The first-order valence-corrected chi connectivity index (χ1v) is 6.17. The molecule has 0 radical (unpaired) electrons. The Bertz CT molecular complexity index is 504. The predicted molar refractivity (Wildman–Crippen MR) is 67.6 cm³/mol. The first-order valence-electron chi connectivity index (χ1n) is 5.42. The molecule has 0 aromatic heterocycles. The molecule has 0 unspecified atom stereocenters. The summed E-state index contributed by atoms with van der Waals surface area (Å²) in [7, 11) is 0. The molecule has 0 spiro atoms. The number of likely N-dealkylation sites (tertiary alicyclic amines) is 1. The smallest absolute Gasteiger partial charge is 0.308 e. The zero-order valence-electron chi connectivity index (χ0n) is 9.40. The minimum atomic E-state index is -0.937. The molecule has 1 aromatic carbocycles. The van der Waals surface area contributed by atoms with Gasteiger partial charge in [-0.25, -0.2) is 0 Å². The maximum atomic E-state index is 11.7. The monoisotopic (exact) mass is 287 g/mol. The topological polar surface area (TPSA) is 57.6 Å². The lowest BCUT2D eigenvalue weighted by Crippen LogP contribution is -2.25. The van der Waals surface area contributed by atoms with Crippen molar-refractivity contribution in [2.45, 2.75) is 13.0 Å². The first kappa shape index (κ1) is 13.2. The highest BCUT2D eigenvalue weighted by atomic mass is 35.5. The molecule has 0 bridgehead atoms. The van der Waals surface area contributed by atoms with Crippen molar-refractivity contribution in [3.63, 3.8) is 0 Å². The Hall–Kier alpha value is -1.26. The lowest BCUT2D eigenvalue weighted by Gasteiger charge is -2.17. The van der Waals surface area contributed by atoms with E-state index in [9.17, 15) is 9.59 Å². The number of hydrogen-bond donors (Lipinski definition) is 1. The molecule has 2 rings (SSSR count). The molecule has 1 atom stereocenters. The molecule has 0 aliphatic carbocycles. The molecule has 1 saturated heterocycles. The van der Waals surface area contributed by atoms with Crippen molar-refractivity contribution in [3.05, 3.63) is 33.8 Å². The number of aliphatic carboxylic acids is 1. The van der Waals surface area contributed by atoms with Crippen molar-refractivity contribution in [2.24, 2.45) is 5.92 Å². The van der Waals surface area contributed by atoms with Crippen molar-refractivity contribution in [2.75, 3.05) is 6.54 Å². The third-order valence-corrected chi connectivity index (χ3v) is 3.53. The Labute approximate surface area is 114 Å². The van der Waals surface area contributed by atoms with E-state index in [-0.39, 0.29) is 18.9 Å². The zero-order valence-corrected chi connectivity index (χ0v) is 10.9. The lowest BCUT2D eigenvalue weighted by atomic mass is 10.1. The molecular formula is C12H11Cl2NO3. The average molecular weight is 288 g/mol. The van der Waals surface area contributed by atoms with Crippen molar-refractivity contribution >= 4 is 35.1 Å². The van der Waals surface area contributed by atoms with Crippen molar-refractivity contribution in [3.8, 4) is 0 Å². The second-order valence-electron chi connectivity index (χ2n) is 4.25. The van der Waals surface area contributed by atoms with E-state index >= 15 is 0 Å². The van der Waals surface area contributed by atoms with Gasteiger partial charge in [0.2, 0.25) is 5.91 Å². The van der Waals surface area contributed by atoms with E-state index in [1.807, 2.05) is 0 Å². The predicted octanol–water partition coefficient (Wildman–Crippen LogP) is 2.43. The summed E-state index contributed by atoms with van der Waals surface area (Å²) in [6.45, 7) is 0.547. The highest BCUT2D eigenvalue weighted by molar-refractivity contribution is 6.35. The minimum Gasteiger partial charge on any atom is -0.481 e. The van der Waals surface area contributed by atoms with E-state index in [1.54, 1.807) is 18.2 Å². The van der Waals surface area contributed by atoms with Crippen molar-refractivity contribution in [1.29, 1.82) is 0 Å². The van der Waals surface area contributed by atoms with E-state index in [0.717, 1.165) is 5.56 Å². The normalized spacial score (nSPS) is 19.3. The number of carbonyl (C=O) groups excluding carboxylic acids is 1. The number of amides is 1. The van der Waals surface area contributed by atoms with Gasteiger partial charge in [-0.15, -0.1) is 0 Å². The minimum absolute atomic E-state index is 0.0561. The van der Waals surface area contributed by atoms with Crippen LogP contribution < -0.4 is 0 Å². The maximum Gasteiger partial charge on any atom is 0.308 e. The SMILES string of the molecule is O=C(O)[C@H]1CC(=O)N(Cc2ccc(Cl)cc2Cl)C1. The van der Waals surface area contributed by atoms with Crippen LogP contribution in [0.4, 0.5) is 0 Å². The van der Waals surface area contributed by atoms with Gasteiger partial charge >= 0.3 is 5.97 Å². The van der Waals surface area contributed by atoms with Crippen molar-refractivity contribution < 1.29 is 14.7 Å². The van der Waals surface area contributed by atoms with E-state index in [1.165, 1.54) is 4.90 Å². The van der Waals surface area contributed by atoms with Crippen LogP contribution in [0.1, 0.15) is 12.0 Å². The molecule has 1 aliphatic heterocycles. The molecule has 1 N–H and O–H groups in total. The molecule has 96 valence electrons. The first-order chi connectivity index (χ1) is 8.47. The zero-order chi connectivity index (χ0) is 13.3. The van der Waals surface area contributed by atoms with Gasteiger partial charge in [0.15, 0.2) is 0 Å². The number of hydrogen-bond acceptors (Lipinski definition) is 2. The summed E-state index contributed by atoms with van der Waals surface area (Å²) in [6.07, 6.45) is 0.0561. The van der Waals surface area contributed by atoms with Crippen LogP contribution in [0, 0.1) is 5.92 Å². The van der Waals surface area contributed by atoms with E-state index in [0.29, 0.717) is 16.6 Å². The summed E-state index contributed by atoms with van der Waals surface area (Å²) in [5, 5.41) is 9.89. The Morgan fingerprint density at radius 1 is 1.44 bits per heavy atom. The summed E-state index contributed by atoms with van der Waals surface area (Å²) in [5.41, 5.74) is 0.764. The second-order valence-corrected chi connectivity index (χ2v) is 5.09. The van der Waals surface area contributed by atoms with Gasteiger partial charge in [-0.3, -0.25) is 9.59 Å². The van der Waals surface area contributed by atoms with E-state index in [4.69, 9.17) is 28.3 Å². The fourth-order valence-electron chi connectivity index (χ4n) is 1.95. The van der Waals surface area contributed by atoms with Gasteiger partial charge < -0.3 is 10.0 Å². The fraction of sp³-hybridized carbons (Fsp3) is 0.333. The van der Waals surface area contributed by atoms with Gasteiger partial charge in [0, 0.05) is 29.6 Å². The molecule has 1 aromatic rings. The molecule has 6 heteroatoms. The number of carbonyl (C=O) groups is 2. The number of halogens is 2. The molecule has 4 nitrogen and oxygen atoms in total. The van der Waals surface area contributed by atoms with E-state index in [2.05, 4.69) is 0 Å². The highest BCUT2D eigenvalue weighted by Crippen LogP contribution is 2.25. The summed E-state index contributed by atoms with van der Waals surface area (Å²) in [4.78, 5) is 24.0. The number of benzene rings is 1. The van der Waals surface area contributed by atoms with Crippen LogP contribution in [0.2, 0.25) is 10.0 Å². The molecule has 1 heterocycles. The van der Waals surface area contributed by atoms with Crippen LogP contribution in [-0.4, -0.2) is 28.4 Å². The summed E-state index contributed by atoms with van der Waals surface area (Å²) in [5.74, 6) is -1.72. The summed E-state index contributed by atoms with van der Waals surface area (Å²) >= 11 is 11.8. The van der Waals surface area contributed by atoms with E-state index < -0.39 is 11.9 Å². The number of carboxylic acid groups (broad SMARTS) is 1. The largest absolute Gasteiger partial charge is 0.481 e. The van der Waals surface area contributed by atoms with Gasteiger partial charge in [0.05, 0.1) is 5.92 Å². The van der Waals surface area contributed by atoms with Crippen LogP contribution in [0.5, 0.6) is 0 Å². The van der Waals surface area contributed by atoms with Gasteiger partial charge in [0.1, 0.15) is 0 Å². The molecular weight excluding hydrogens is 277 g/mol. The van der Waals surface area contributed by atoms with Gasteiger partial charge in [0.25, 0.3) is 0 Å². The lowest BCUT2D eigenvalue weighted by molar-refractivity contribution is -0.141. The quantitative estimate of drug-likeness (QED) is 0.929. The fourth-order valence-corrected chi connectivity index (χ4v) is 2.41. The summed E-state index contributed by atoms with van der Waals surface area (Å²) in [6, 6.07) is 5.04. The van der Waals surface area contributed by atoms with Gasteiger partial charge in [-0.1, -0.05) is 29.3 Å². The molecule has 1 amide bonds. The number of carboxylic acids is 1. The molecule has 1 aliphatic rings. The Kier molecular flexibility index (Phi) is 3.78.